The first-order valence-electron chi connectivity index (χ1n) is 13.7. The molecule has 0 atom stereocenters. The van der Waals surface area contributed by atoms with Gasteiger partial charge in [0.25, 0.3) is 11.8 Å². The van der Waals surface area contributed by atoms with E-state index in [2.05, 4.69) is 10.3 Å². The molecule has 7 nitrogen and oxygen atoms in total. The van der Waals surface area contributed by atoms with Gasteiger partial charge in [-0.1, -0.05) is 11.9 Å². The lowest BCUT2D eigenvalue weighted by Gasteiger charge is -2.26. The number of hydrogen-bond donors (Lipinski definition) is 2. The number of nitrogens with zero attached hydrogens (tertiary/aromatic N) is 2. The van der Waals surface area contributed by atoms with E-state index in [1.54, 1.807) is 43.3 Å². The number of H-pyrrole nitrogens is 1. The summed E-state index contributed by atoms with van der Waals surface area (Å²) in [6.45, 7) is 1.64. The van der Waals surface area contributed by atoms with Crippen LogP contribution >= 0.6 is 11.9 Å². The number of aromatic amines is 1. The highest BCUT2D eigenvalue weighted by Crippen LogP contribution is 2.36. The van der Waals surface area contributed by atoms with Crippen molar-refractivity contribution in [3.8, 4) is 11.3 Å². The summed E-state index contributed by atoms with van der Waals surface area (Å²) in [7, 11) is 3.53. The molecule has 1 saturated heterocycles. The van der Waals surface area contributed by atoms with Crippen molar-refractivity contribution in [2.24, 2.45) is 0 Å². The van der Waals surface area contributed by atoms with E-state index in [0.717, 1.165) is 47.9 Å². The molecule has 3 heterocycles. The van der Waals surface area contributed by atoms with Crippen LogP contribution in [0.15, 0.2) is 71.1 Å². The van der Waals surface area contributed by atoms with Crippen molar-refractivity contribution in [2.75, 3.05) is 37.7 Å². The van der Waals surface area contributed by atoms with E-state index in [9.17, 15) is 18.4 Å². The van der Waals surface area contributed by atoms with Gasteiger partial charge in [0.2, 0.25) is 0 Å². The summed E-state index contributed by atoms with van der Waals surface area (Å²) in [6, 6.07) is 17.9. The minimum Gasteiger partial charge on any atom is -0.455 e. The number of fused-ring (bicyclic) bond motifs is 2. The molecular weight excluding hydrogens is 558 g/mol. The smallest absolute Gasteiger partial charge is 0.270 e. The molecular formula is C32H32F2N4O3S. The van der Waals surface area contributed by atoms with E-state index < -0.39 is 0 Å². The minimum absolute atomic E-state index is 0.0197. The third-order valence-corrected chi connectivity index (χ3v) is 8.09. The average Bonchev–Trinajstić information content (AvgIpc) is 3.62. The molecule has 0 aliphatic carbocycles. The molecule has 2 N–H and O–H groups in total. The maximum Gasteiger partial charge on any atom is 0.270 e. The second-order valence-electron chi connectivity index (χ2n) is 10.0. The number of furan rings is 1. The van der Waals surface area contributed by atoms with E-state index in [0.29, 0.717) is 28.2 Å². The summed E-state index contributed by atoms with van der Waals surface area (Å²) >= 11 is 1.58. The second-order valence-corrected chi connectivity index (χ2v) is 10.9. The fraction of sp³-hybridized carbons (Fsp3) is 0.250. The minimum atomic E-state index is -0.333. The summed E-state index contributed by atoms with van der Waals surface area (Å²) in [6.07, 6.45) is 5.31. The molecule has 3 aromatic carbocycles. The molecule has 1 fully saturated rings. The van der Waals surface area contributed by atoms with E-state index in [-0.39, 0.29) is 23.4 Å². The van der Waals surface area contributed by atoms with Crippen LogP contribution in [0.3, 0.4) is 0 Å². The number of hydrogen-bond acceptors (Lipinski definition) is 5. The summed E-state index contributed by atoms with van der Waals surface area (Å²) < 4.78 is 34.3. The van der Waals surface area contributed by atoms with Gasteiger partial charge in [0.1, 0.15) is 28.7 Å². The molecule has 0 spiro atoms. The maximum atomic E-state index is 13.2. The van der Waals surface area contributed by atoms with Crippen molar-refractivity contribution in [3.05, 3.63) is 89.6 Å². The van der Waals surface area contributed by atoms with Gasteiger partial charge in [-0.3, -0.25) is 9.59 Å². The third-order valence-electron chi connectivity index (χ3n) is 7.33. The normalized spacial score (nSPS) is 13.1. The first-order valence-corrected chi connectivity index (χ1v) is 14.9. The summed E-state index contributed by atoms with van der Waals surface area (Å²) in [5.41, 5.74) is 4.06. The van der Waals surface area contributed by atoms with Crippen molar-refractivity contribution in [3.63, 3.8) is 0 Å². The highest BCUT2D eigenvalue weighted by atomic mass is 32.2. The van der Waals surface area contributed by atoms with Crippen LogP contribution in [0.1, 0.15) is 40.1 Å². The van der Waals surface area contributed by atoms with Crippen LogP contribution in [-0.4, -0.2) is 55.1 Å². The molecule has 5 aromatic rings. The molecule has 2 aromatic heterocycles. The molecule has 1 aliphatic rings. The van der Waals surface area contributed by atoms with Gasteiger partial charge in [0, 0.05) is 61.4 Å². The van der Waals surface area contributed by atoms with E-state index in [1.807, 2.05) is 40.7 Å². The van der Waals surface area contributed by atoms with Crippen LogP contribution in [0.4, 0.5) is 14.5 Å². The van der Waals surface area contributed by atoms with Crippen LogP contribution in [0.2, 0.25) is 0 Å². The monoisotopic (exact) mass is 590 g/mol. The Bertz CT molecular complexity index is 1730. The molecule has 1 aliphatic heterocycles. The number of nitrogens with one attached hydrogen (secondary N) is 2. The molecule has 0 saturated carbocycles. The van der Waals surface area contributed by atoms with E-state index >= 15 is 0 Å². The number of halogens is 2. The Morgan fingerprint density at radius 3 is 2.36 bits per heavy atom. The van der Waals surface area contributed by atoms with Crippen molar-refractivity contribution >= 4 is 51.3 Å². The van der Waals surface area contributed by atoms with Crippen LogP contribution in [0.25, 0.3) is 33.2 Å². The Balaban J connectivity index is 0.000000175. The fourth-order valence-corrected chi connectivity index (χ4v) is 5.35. The summed E-state index contributed by atoms with van der Waals surface area (Å²) in [5, 5.41) is 4.12. The van der Waals surface area contributed by atoms with Crippen molar-refractivity contribution in [1.82, 2.24) is 15.2 Å². The summed E-state index contributed by atoms with van der Waals surface area (Å²) in [5.74, 6) is -0.391. The number of carbonyl (C=O) groups excluding carboxylic acids is 2. The van der Waals surface area contributed by atoms with Crippen molar-refractivity contribution in [2.45, 2.75) is 19.3 Å². The lowest BCUT2D eigenvalue weighted by molar-refractivity contribution is 0.0719. The van der Waals surface area contributed by atoms with Crippen LogP contribution in [-0.2, 0) is 0 Å². The van der Waals surface area contributed by atoms with Gasteiger partial charge < -0.3 is 23.9 Å². The number of amides is 2. The Morgan fingerprint density at radius 1 is 0.952 bits per heavy atom. The summed E-state index contributed by atoms with van der Waals surface area (Å²) in [4.78, 5) is 29.5. The maximum absolute atomic E-state index is 13.2. The van der Waals surface area contributed by atoms with Gasteiger partial charge in [-0.05, 0) is 79.9 Å². The van der Waals surface area contributed by atoms with Crippen LogP contribution in [0, 0.1) is 11.6 Å². The lowest BCUT2D eigenvalue weighted by Crippen LogP contribution is -2.35. The van der Waals surface area contributed by atoms with E-state index in [1.165, 1.54) is 30.7 Å². The molecule has 218 valence electrons. The standard InChI is InChI=1S/C18H17FN2O2S.C14H15FN2O/c1-20-18(22)16-14-9-8-13(21(2)24-3)10-15(14)23-17(16)11-4-6-12(19)7-5-11;15-11-4-5-12-10(8-11)9-13(16-12)14(18)17-6-2-1-3-7-17/h4-10H,1-3H3,(H,20,22);4-5,8-9,16H,1-3,6-7H2. The van der Waals surface area contributed by atoms with Gasteiger partial charge in [0.05, 0.1) is 11.3 Å². The number of piperidine rings is 1. The lowest BCUT2D eigenvalue weighted by atomic mass is 10.0. The highest BCUT2D eigenvalue weighted by Gasteiger charge is 2.22. The topological polar surface area (TPSA) is 81.6 Å². The predicted molar refractivity (Wildman–Crippen MR) is 165 cm³/mol. The van der Waals surface area contributed by atoms with Crippen LogP contribution < -0.4 is 9.62 Å². The molecule has 10 heteroatoms. The molecule has 0 unspecified atom stereocenters. The fourth-order valence-electron chi connectivity index (χ4n) is 5.03. The zero-order valence-electron chi connectivity index (χ0n) is 23.7. The third kappa shape index (κ3) is 6.13. The zero-order valence-corrected chi connectivity index (χ0v) is 24.5. The average molecular weight is 591 g/mol. The van der Waals surface area contributed by atoms with Crippen LogP contribution in [0.5, 0.6) is 0 Å². The molecule has 2 amide bonds. The molecule has 0 radical (unpaired) electrons. The second kappa shape index (κ2) is 12.7. The van der Waals surface area contributed by atoms with Gasteiger partial charge in [0.15, 0.2) is 0 Å². The van der Waals surface area contributed by atoms with Gasteiger partial charge >= 0.3 is 0 Å². The number of likely N-dealkylation sites (tertiary alicyclic amines) is 1. The largest absolute Gasteiger partial charge is 0.455 e. The number of aromatic nitrogens is 1. The van der Waals surface area contributed by atoms with E-state index in [4.69, 9.17) is 4.42 Å². The Kier molecular flexibility index (Phi) is 8.82. The zero-order chi connectivity index (χ0) is 29.8. The SMILES string of the molecule is CNC(=O)c1c(-c2ccc(F)cc2)oc2cc(N(C)SC)ccc12.O=C(c1cc2cc(F)ccc2[nH]1)N1CCCCC1. The first kappa shape index (κ1) is 29.2. The quantitative estimate of drug-likeness (QED) is 0.211. The Morgan fingerprint density at radius 2 is 1.67 bits per heavy atom. The number of carbonyl (C=O) groups is 2. The number of benzene rings is 3. The van der Waals surface area contributed by atoms with Crippen molar-refractivity contribution < 1.29 is 22.8 Å². The molecule has 0 bridgehead atoms. The van der Waals surface area contributed by atoms with Gasteiger partial charge in [-0.2, -0.15) is 0 Å². The number of anilines is 1. The molecule has 42 heavy (non-hydrogen) atoms. The van der Waals surface area contributed by atoms with Crippen molar-refractivity contribution in [1.29, 1.82) is 0 Å². The predicted octanol–water partition coefficient (Wildman–Crippen LogP) is 7.25. The Hall–Kier alpha value is -4.31. The molecule has 6 rings (SSSR count). The highest BCUT2D eigenvalue weighted by molar-refractivity contribution is 7.99. The Labute approximate surface area is 247 Å². The van der Waals surface area contributed by atoms with Gasteiger partial charge in [-0.25, -0.2) is 8.78 Å². The van der Waals surface area contributed by atoms with Gasteiger partial charge in [-0.15, -0.1) is 0 Å². The first-order chi connectivity index (χ1) is 20.3. The number of rotatable bonds is 5.